The fourth-order valence-electron chi connectivity index (χ4n) is 3.32. The van der Waals surface area contributed by atoms with Crippen LogP contribution in [0.1, 0.15) is 16.8 Å². The van der Waals surface area contributed by atoms with Crippen molar-refractivity contribution in [3.05, 3.63) is 63.9 Å². The Morgan fingerprint density at radius 2 is 1.93 bits per heavy atom. The normalized spacial score (nSPS) is 16.7. The van der Waals surface area contributed by atoms with Crippen LogP contribution in [-0.2, 0) is 0 Å². The molecule has 0 aliphatic carbocycles. The van der Waals surface area contributed by atoms with Crippen molar-refractivity contribution in [3.63, 3.8) is 0 Å². The Bertz CT molecular complexity index is 1140. The summed E-state index contributed by atoms with van der Waals surface area (Å²) in [5.74, 6) is -2.78. The molecular weight excluding hydrogens is 372 g/mol. The Kier molecular flexibility index (Phi) is 4.31. The van der Waals surface area contributed by atoms with E-state index in [4.69, 9.17) is 0 Å². The summed E-state index contributed by atoms with van der Waals surface area (Å²) in [4.78, 5) is 29.8. The first-order chi connectivity index (χ1) is 13.3. The summed E-state index contributed by atoms with van der Waals surface area (Å²) in [6.45, 7) is 0.591. The van der Waals surface area contributed by atoms with E-state index in [0.717, 1.165) is 12.3 Å². The number of pyridine rings is 2. The number of aromatic nitrogens is 2. The second-order valence-electron chi connectivity index (χ2n) is 6.58. The van der Waals surface area contributed by atoms with E-state index in [2.05, 4.69) is 4.98 Å². The van der Waals surface area contributed by atoms with Gasteiger partial charge in [-0.2, -0.15) is 0 Å². The number of aliphatic hydroxyl groups excluding tert-OH is 1. The molecule has 3 aromatic rings. The topological polar surface area (TPSA) is 95.7 Å². The minimum Gasteiger partial charge on any atom is -0.477 e. The van der Waals surface area contributed by atoms with E-state index >= 15 is 0 Å². The lowest BCUT2D eigenvalue weighted by molar-refractivity contribution is 0.0695. The van der Waals surface area contributed by atoms with Crippen LogP contribution in [0.3, 0.4) is 0 Å². The van der Waals surface area contributed by atoms with Gasteiger partial charge in [-0.05, 0) is 36.8 Å². The molecule has 4 rings (SSSR count). The maximum atomic E-state index is 14.7. The highest BCUT2D eigenvalue weighted by Gasteiger charge is 2.26. The van der Waals surface area contributed by atoms with Crippen molar-refractivity contribution in [1.82, 2.24) is 9.55 Å². The van der Waals surface area contributed by atoms with Gasteiger partial charge in [0.05, 0.1) is 11.5 Å². The summed E-state index contributed by atoms with van der Waals surface area (Å²) in [5.41, 5.74) is -1.01. The zero-order valence-corrected chi connectivity index (χ0v) is 14.5. The SMILES string of the molecule is O=C(O)c1cn(-c2ccc(F)cc2)c2nc(N3CCC(O)C3)c(F)cc2c1=O. The number of rotatable bonds is 3. The number of aromatic carboxylic acids is 1. The van der Waals surface area contributed by atoms with Crippen LogP contribution >= 0.6 is 0 Å². The summed E-state index contributed by atoms with van der Waals surface area (Å²) in [5, 5.41) is 18.9. The average molecular weight is 387 g/mol. The maximum absolute atomic E-state index is 14.7. The third-order valence-electron chi connectivity index (χ3n) is 4.71. The number of halogens is 2. The summed E-state index contributed by atoms with van der Waals surface area (Å²) >= 11 is 0. The Balaban J connectivity index is 2.02. The number of carboxylic acids is 1. The van der Waals surface area contributed by atoms with Crippen molar-refractivity contribution in [2.75, 3.05) is 18.0 Å². The molecule has 1 aliphatic heterocycles. The van der Waals surface area contributed by atoms with Crippen LogP contribution in [0.4, 0.5) is 14.6 Å². The molecule has 28 heavy (non-hydrogen) atoms. The van der Waals surface area contributed by atoms with Crippen molar-refractivity contribution in [2.24, 2.45) is 0 Å². The quantitative estimate of drug-likeness (QED) is 0.713. The Labute approximate surface area is 157 Å². The van der Waals surface area contributed by atoms with Gasteiger partial charge in [0.1, 0.15) is 11.4 Å². The summed E-state index contributed by atoms with van der Waals surface area (Å²) in [6, 6.07) is 6.11. The molecule has 1 unspecified atom stereocenters. The molecule has 2 aromatic heterocycles. The third kappa shape index (κ3) is 2.99. The molecule has 1 fully saturated rings. The molecule has 0 bridgehead atoms. The van der Waals surface area contributed by atoms with Crippen molar-refractivity contribution in [1.29, 1.82) is 0 Å². The number of hydrogen-bond donors (Lipinski definition) is 2. The van der Waals surface area contributed by atoms with Crippen molar-refractivity contribution < 1.29 is 23.8 Å². The van der Waals surface area contributed by atoms with Crippen LogP contribution in [0.5, 0.6) is 0 Å². The van der Waals surface area contributed by atoms with Gasteiger partial charge in [0.15, 0.2) is 17.3 Å². The molecule has 1 saturated heterocycles. The van der Waals surface area contributed by atoms with Crippen LogP contribution in [0.25, 0.3) is 16.7 Å². The molecule has 3 heterocycles. The smallest absolute Gasteiger partial charge is 0.341 e. The van der Waals surface area contributed by atoms with E-state index in [1.807, 2.05) is 0 Å². The summed E-state index contributed by atoms with van der Waals surface area (Å²) < 4.78 is 29.3. The van der Waals surface area contributed by atoms with Crippen LogP contribution < -0.4 is 10.3 Å². The lowest BCUT2D eigenvalue weighted by Crippen LogP contribution is -2.25. The van der Waals surface area contributed by atoms with E-state index in [1.54, 1.807) is 4.90 Å². The number of fused-ring (bicyclic) bond motifs is 1. The molecular formula is C19H15F2N3O4. The highest BCUT2D eigenvalue weighted by molar-refractivity contribution is 5.92. The fourth-order valence-corrected chi connectivity index (χ4v) is 3.32. The Morgan fingerprint density at radius 3 is 2.54 bits per heavy atom. The number of carbonyl (C=O) groups is 1. The van der Waals surface area contributed by atoms with Gasteiger partial charge < -0.3 is 19.7 Å². The zero-order chi connectivity index (χ0) is 20.0. The molecule has 0 saturated carbocycles. The van der Waals surface area contributed by atoms with Gasteiger partial charge in [-0.1, -0.05) is 0 Å². The van der Waals surface area contributed by atoms with Gasteiger partial charge in [-0.15, -0.1) is 0 Å². The van der Waals surface area contributed by atoms with Gasteiger partial charge in [0.2, 0.25) is 5.43 Å². The van der Waals surface area contributed by atoms with E-state index < -0.39 is 34.7 Å². The first-order valence-corrected chi connectivity index (χ1v) is 8.53. The number of aliphatic hydroxyl groups is 1. The van der Waals surface area contributed by atoms with E-state index in [1.165, 1.54) is 28.8 Å². The molecule has 0 radical (unpaired) electrons. The number of carboxylic acid groups (broad SMARTS) is 1. The van der Waals surface area contributed by atoms with E-state index in [9.17, 15) is 28.6 Å². The largest absolute Gasteiger partial charge is 0.477 e. The highest BCUT2D eigenvalue weighted by Crippen LogP contribution is 2.26. The molecule has 1 aromatic carbocycles. The first-order valence-electron chi connectivity index (χ1n) is 8.53. The predicted molar refractivity (Wildman–Crippen MR) is 97.1 cm³/mol. The van der Waals surface area contributed by atoms with Gasteiger partial charge in [-0.3, -0.25) is 4.79 Å². The van der Waals surface area contributed by atoms with Crippen molar-refractivity contribution >= 4 is 22.8 Å². The first kappa shape index (κ1) is 18.1. The minimum atomic E-state index is -1.46. The standard InChI is InChI=1S/C19H15F2N3O4/c20-10-1-3-11(4-2-10)24-9-14(19(27)28)16(26)13-7-15(21)18(22-17(13)24)23-6-5-12(25)8-23/h1-4,7,9,12,25H,5-6,8H2,(H,27,28). The van der Waals surface area contributed by atoms with E-state index in [-0.39, 0.29) is 23.4 Å². The molecule has 2 N–H and O–H groups in total. The molecule has 0 spiro atoms. The number of anilines is 1. The summed E-state index contributed by atoms with van der Waals surface area (Å²) in [7, 11) is 0. The molecule has 144 valence electrons. The van der Waals surface area contributed by atoms with Crippen LogP contribution in [-0.4, -0.2) is 44.9 Å². The van der Waals surface area contributed by atoms with Crippen molar-refractivity contribution in [2.45, 2.75) is 12.5 Å². The van der Waals surface area contributed by atoms with E-state index in [0.29, 0.717) is 18.7 Å². The van der Waals surface area contributed by atoms with Crippen LogP contribution in [0.2, 0.25) is 0 Å². The molecule has 1 aliphatic rings. The average Bonchev–Trinajstić information content (AvgIpc) is 3.09. The second kappa shape index (κ2) is 6.68. The number of hydrogen-bond acceptors (Lipinski definition) is 5. The molecule has 1 atom stereocenters. The maximum Gasteiger partial charge on any atom is 0.341 e. The van der Waals surface area contributed by atoms with Gasteiger partial charge >= 0.3 is 5.97 Å². The lowest BCUT2D eigenvalue weighted by Gasteiger charge is -2.19. The van der Waals surface area contributed by atoms with Gasteiger partial charge in [-0.25, -0.2) is 18.6 Å². The second-order valence-corrected chi connectivity index (χ2v) is 6.58. The monoisotopic (exact) mass is 387 g/mol. The number of benzene rings is 1. The Morgan fingerprint density at radius 1 is 1.21 bits per heavy atom. The highest BCUT2D eigenvalue weighted by atomic mass is 19.1. The Hall–Kier alpha value is -3.33. The van der Waals surface area contributed by atoms with Crippen LogP contribution in [0.15, 0.2) is 41.3 Å². The molecule has 0 amide bonds. The number of β-amino-alcohol motifs (C(OH)–C–C–N with tert-alkyl or cyclic N) is 1. The number of nitrogens with zero attached hydrogens (tertiary/aromatic N) is 3. The third-order valence-corrected chi connectivity index (χ3v) is 4.71. The molecule has 7 nitrogen and oxygen atoms in total. The fraction of sp³-hybridized carbons (Fsp3) is 0.211. The molecule has 9 heteroatoms. The summed E-state index contributed by atoms with van der Waals surface area (Å²) in [6.07, 6.45) is 0.945. The van der Waals surface area contributed by atoms with Crippen LogP contribution in [0, 0.1) is 11.6 Å². The minimum absolute atomic E-state index is 0.0395. The lowest BCUT2D eigenvalue weighted by atomic mass is 10.1. The predicted octanol–water partition coefficient (Wildman–Crippen LogP) is 1.93. The zero-order valence-electron chi connectivity index (χ0n) is 14.5. The van der Waals surface area contributed by atoms with Gasteiger partial charge in [0.25, 0.3) is 0 Å². The van der Waals surface area contributed by atoms with Crippen molar-refractivity contribution in [3.8, 4) is 5.69 Å². The van der Waals surface area contributed by atoms with Gasteiger partial charge in [0, 0.05) is 25.0 Å².